The molecule has 0 spiro atoms. The predicted molar refractivity (Wildman–Crippen MR) is 102 cm³/mol. The molecule has 11 heteroatoms. The van der Waals surface area contributed by atoms with Gasteiger partial charge in [0.1, 0.15) is 5.00 Å². The van der Waals surface area contributed by atoms with Crippen LogP contribution in [-0.2, 0) is 27.4 Å². The summed E-state index contributed by atoms with van der Waals surface area (Å²) in [5.74, 6) is -5.29. The SMILES string of the molecule is O=C(O)C(=O)Nc1sc2c(c1C(=O)O)CC(CN1C(=O)c3ccccc3C1=O)OC2. The minimum absolute atomic E-state index is 0.0110. The van der Waals surface area contributed by atoms with Crippen molar-refractivity contribution in [2.24, 2.45) is 0 Å². The van der Waals surface area contributed by atoms with Crippen LogP contribution in [-0.4, -0.2) is 57.4 Å². The second-order valence-corrected chi connectivity index (χ2v) is 7.78. The minimum atomic E-state index is -1.74. The van der Waals surface area contributed by atoms with Crippen LogP contribution in [0.2, 0.25) is 0 Å². The number of hydrogen-bond acceptors (Lipinski definition) is 7. The Hall–Kier alpha value is -3.57. The number of aromatic carboxylic acids is 1. The molecule has 1 aromatic carbocycles. The second-order valence-electron chi connectivity index (χ2n) is 6.68. The van der Waals surface area contributed by atoms with Crippen molar-refractivity contribution in [2.75, 3.05) is 11.9 Å². The number of carboxylic acid groups (broad SMARTS) is 2. The van der Waals surface area contributed by atoms with E-state index in [1.54, 1.807) is 24.3 Å². The maximum absolute atomic E-state index is 12.5. The van der Waals surface area contributed by atoms with Crippen molar-refractivity contribution in [1.82, 2.24) is 4.90 Å². The van der Waals surface area contributed by atoms with Crippen molar-refractivity contribution >= 4 is 46.0 Å². The number of ether oxygens (including phenoxy) is 1. The highest BCUT2D eigenvalue weighted by Gasteiger charge is 2.38. The number of rotatable bonds is 4. The summed E-state index contributed by atoms with van der Waals surface area (Å²) in [7, 11) is 0. The molecule has 3 N–H and O–H groups in total. The average Bonchev–Trinajstić information content (AvgIpc) is 3.18. The molecule has 1 unspecified atom stereocenters. The van der Waals surface area contributed by atoms with E-state index < -0.39 is 35.8 Å². The first-order valence-corrected chi connectivity index (χ1v) is 9.58. The van der Waals surface area contributed by atoms with Gasteiger partial charge in [0.05, 0.1) is 35.9 Å². The number of nitrogens with zero attached hydrogens (tertiary/aromatic N) is 1. The number of fused-ring (bicyclic) bond motifs is 2. The van der Waals surface area contributed by atoms with Crippen LogP contribution >= 0.6 is 11.3 Å². The van der Waals surface area contributed by atoms with Crippen molar-refractivity contribution in [2.45, 2.75) is 19.1 Å². The van der Waals surface area contributed by atoms with Crippen molar-refractivity contribution in [3.05, 3.63) is 51.4 Å². The van der Waals surface area contributed by atoms with Crippen molar-refractivity contribution in [3.8, 4) is 0 Å². The van der Waals surface area contributed by atoms with Crippen LogP contribution < -0.4 is 5.32 Å². The van der Waals surface area contributed by atoms with Crippen LogP contribution in [0.5, 0.6) is 0 Å². The number of hydrogen-bond donors (Lipinski definition) is 3. The third-order valence-electron chi connectivity index (χ3n) is 4.87. The van der Waals surface area contributed by atoms with Gasteiger partial charge in [-0.25, -0.2) is 9.59 Å². The summed E-state index contributed by atoms with van der Waals surface area (Å²) in [6.07, 6.45) is -0.556. The summed E-state index contributed by atoms with van der Waals surface area (Å²) >= 11 is 0.923. The Balaban J connectivity index is 1.57. The van der Waals surface area contributed by atoms with Gasteiger partial charge in [-0.1, -0.05) is 12.1 Å². The standard InChI is InChI=1S/C19H14N2O8S/c22-14(19(27)28)20-15-13(18(25)26)11-5-8(29-7-12(11)30-15)6-21-16(23)9-3-1-2-4-10(9)17(21)24/h1-4,8H,5-7H2,(H,20,22)(H,25,26)(H,27,28). The van der Waals surface area contributed by atoms with Crippen molar-refractivity contribution in [3.63, 3.8) is 0 Å². The largest absolute Gasteiger partial charge is 0.478 e. The number of carbonyl (C=O) groups is 5. The van der Waals surface area contributed by atoms with Crippen LogP contribution in [0.4, 0.5) is 5.00 Å². The molecule has 0 saturated carbocycles. The van der Waals surface area contributed by atoms with Crippen LogP contribution in [0.15, 0.2) is 24.3 Å². The number of thiophene rings is 1. The van der Waals surface area contributed by atoms with E-state index >= 15 is 0 Å². The number of carbonyl (C=O) groups excluding carboxylic acids is 3. The van der Waals surface area contributed by atoms with Gasteiger partial charge in [-0.3, -0.25) is 19.3 Å². The molecule has 2 aromatic rings. The molecule has 0 saturated heterocycles. The molecule has 154 valence electrons. The molecule has 0 radical (unpaired) electrons. The summed E-state index contributed by atoms with van der Waals surface area (Å²) in [5, 5.41) is 20.3. The highest BCUT2D eigenvalue weighted by atomic mass is 32.1. The Bertz CT molecular complexity index is 1090. The maximum Gasteiger partial charge on any atom is 0.394 e. The van der Waals surface area contributed by atoms with E-state index in [0.29, 0.717) is 21.6 Å². The molecule has 0 fully saturated rings. The number of amides is 3. The number of imide groups is 1. The van der Waals surface area contributed by atoms with E-state index in [2.05, 4.69) is 5.32 Å². The van der Waals surface area contributed by atoms with Crippen LogP contribution in [0.3, 0.4) is 0 Å². The van der Waals surface area contributed by atoms with Crippen LogP contribution in [0.25, 0.3) is 0 Å². The minimum Gasteiger partial charge on any atom is -0.478 e. The summed E-state index contributed by atoms with van der Waals surface area (Å²) in [6, 6.07) is 6.45. The van der Waals surface area contributed by atoms with Gasteiger partial charge in [0.15, 0.2) is 0 Å². The zero-order valence-corrected chi connectivity index (χ0v) is 16.0. The van der Waals surface area contributed by atoms with Crippen LogP contribution in [0.1, 0.15) is 41.5 Å². The first-order valence-electron chi connectivity index (χ1n) is 8.76. The molecule has 4 rings (SSSR count). The molecule has 0 bridgehead atoms. The Morgan fingerprint density at radius 2 is 1.77 bits per heavy atom. The normalized spacial score (nSPS) is 17.5. The van der Waals surface area contributed by atoms with Gasteiger partial charge < -0.3 is 20.3 Å². The van der Waals surface area contributed by atoms with Gasteiger partial charge in [-0.15, -0.1) is 11.3 Å². The second kappa shape index (κ2) is 7.35. The lowest BCUT2D eigenvalue weighted by Gasteiger charge is -2.26. The molecule has 2 aliphatic heterocycles. The number of benzene rings is 1. The van der Waals surface area contributed by atoms with E-state index in [1.807, 2.05) is 0 Å². The molecule has 30 heavy (non-hydrogen) atoms. The molecule has 1 aromatic heterocycles. The fraction of sp³-hybridized carbons (Fsp3) is 0.211. The number of anilines is 1. The Morgan fingerprint density at radius 1 is 1.13 bits per heavy atom. The fourth-order valence-electron chi connectivity index (χ4n) is 3.52. The molecule has 10 nitrogen and oxygen atoms in total. The van der Waals surface area contributed by atoms with Crippen molar-refractivity contribution < 1.29 is 38.9 Å². The topological polar surface area (TPSA) is 150 Å². The number of carboxylic acids is 2. The van der Waals surface area contributed by atoms with E-state index in [9.17, 15) is 29.1 Å². The lowest BCUT2D eigenvalue weighted by Crippen LogP contribution is -2.40. The zero-order chi connectivity index (χ0) is 21.6. The highest BCUT2D eigenvalue weighted by molar-refractivity contribution is 7.17. The van der Waals surface area contributed by atoms with Gasteiger partial charge in [-0.2, -0.15) is 0 Å². The quantitative estimate of drug-likeness (QED) is 0.484. The average molecular weight is 430 g/mol. The molecule has 0 aliphatic carbocycles. The summed E-state index contributed by atoms with van der Waals surface area (Å²) in [5.41, 5.74) is 0.792. The predicted octanol–water partition coefficient (Wildman–Crippen LogP) is 1.21. The van der Waals surface area contributed by atoms with Gasteiger partial charge >= 0.3 is 17.8 Å². The maximum atomic E-state index is 12.5. The lowest BCUT2D eigenvalue weighted by atomic mass is 10.0. The van der Waals surface area contributed by atoms with E-state index in [0.717, 1.165) is 16.2 Å². The van der Waals surface area contributed by atoms with Crippen molar-refractivity contribution in [1.29, 1.82) is 0 Å². The smallest absolute Gasteiger partial charge is 0.394 e. The van der Waals surface area contributed by atoms with Gasteiger partial charge in [0.2, 0.25) is 0 Å². The van der Waals surface area contributed by atoms with E-state index in [4.69, 9.17) is 9.84 Å². The summed E-state index contributed by atoms with van der Waals surface area (Å²) in [6.45, 7) is -0.0471. The first kappa shape index (κ1) is 19.7. The third-order valence-corrected chi connectivity index (χ3v) is 5.99. The Kier molecular flexibility index (Phi) is 4.84. The molecular weight excluding hydrogens is 416 g/mol. The Morgan fingerprint density at radius 3 is 2.33 bits per heavy atom. The van der Waals surface area contributed by atoms with E-state index in [-0.39, 0.29) is 30.1 Å². The van der Waals surface area contributed by atoms with Gasteiger partial charge in [0, 0.05) is 11.3 Å². The third kappa shape index (κ3) is 3.23. The monoisotopic (exact) mass is 430 g/mol. The van der Waals surface area contributed by atoms with Gasteiger partial charge in [-0.05, 0) is 17.7 Å². The zero-order valence-electron chi connectivity index (χ0n) is 15.2. The molecule has 1 atom stereocenters. The molecule has 2 aliphatic rings. The van der Waals surface area contributed by atoms with E-state index in [1.165, 1.54) is 0 Å². The highest BCUT2D eigenvalue weighted by Crippen LogP contribution is 2.38. The Labute approximate surface area is 172 Å². The molecule has 3 heterocycles. The fourth-order valence-corrected chi connectivity index (χ4v) is 4.66. The summed E-state index contributed by atoms with van der Waals surface area (Å²) < 4.78 is 5.70. The molecule has 3 amide bonds. The number of nitrogens with one attached hydrogen (secondary N) is 1. The summed E-state index contributed by atoms with van der Waals surface area (Å²) in [4.78, 5) is 60.7. The lowest BCUT2D eigenvalue weighted by molar-refractivity contribution is -0.147. The van der Waals surface area contributed by atoms with Gasteiger partial charge in [0.25, 0.3) is 11.8 Å². The number of aliphatic carboxylic acids is 1. The van der Waals surface area contributed by atoms with Crippen LogP contribution in [0, 0.1) is 0 Å². The molecular formula is C19H14N2O8S. The first-order chi connectivity index (χ1) is 14.3.